The molecule has 0 radical (unpaired) electrons. The molecule has 1 saturated carbocycles. The molecule has 76 valence electrons. The van der Waals surface area contributed by atoms with Crippen molar-refractivity contribution in [2.45, 2.75) is 17.7 Å². The molecule has 0 spiro atoms. The summed E-state index contributed by atoms with van der Waals surface area (Å²) in [5, 5.41) is 3.50. The highest BCUT2D eigenvalue weighted by molar-refractivity contribution is 7.99. The molecule has 14 heavy (non-hydrogen) atoms. The van der Waals surface area contributed by atoms with Crippen LogP contribution in [-0.2, 0) is 0 Å². The standard InChI is InChI=1S/C12H17NS/c1-2-4-12(5-3-1)14-9-8-13-10-11-6-7-11/h1-5,11,13H,6-10H2. The maximum atomic E-state index is 3.50. The summed E-state index contributed by atoms with van der Waals surface area (Å²) in [6, 6.07) is 10.6. The molecule has 1 aliphatic carbocycles. The third-order valence-corrected chi connectivity index (χ3v) is 3.43. The summed E-state index contributed by atoms with van der Waals surface area (Å²) in [5.74, 6) is 2.17. The Morgan fingerprint density at radius 1 is 1.21 bits per heavy atom. The molecule has 2 rings (SSSR count). The highest BCUT2D eigenvalue weighted by Gasteiger charge is 2.19. The van der Waals surface area contributed by atoms with E-state index < -0.39 is 0 Å². The molecule has 0 bridgehead atoms. The van der Waals surface area contributed by atoms with E-state index >= 15 is 0 Å². The predicted octanol–water partition coefficient (Wildman–Crippen LogP) is 2.78. The van der Waals surface area contributed by atoms with Gasteiger partial charge in [0.1, 0.15) is 0 Å². The van der Waals surface area contributed by atoms with Crippen LogP contribution >= 0.6 is 11.8 Å². The van der Waals surface area contributed by atoms with Crippen molar-refractivity contribution in [1.82, 2.24) is 5.32 Å². The van der Waals surface area contributed by atoms with Gasteiger partial charge in [-0.1, -0.05) is 18.2 Å². The molecule has 0 heterocycles. The van der Waals surface area contributed by atoms with Crippen LogP contribution in [0, 0.1) is 5.92 Å². The second-order valence-electron chi connectivity index (χ2n) is 3.81. The van der Waals surface area contributed by atoms with E-state index in [9.17, 15) is 0 Å². The first-order valence-corrected chi connectivity index (χ1v) is 6.32. The largest absolute Gasteiger partial charge is 0.316 e. The third-order valence-electron chi connectivity index (χ3n) is 2.42. The monoisotopic (exact) mass is 207 g/mol. The normalized spacial score (nSPS) is 15.7. The van der Waals surface area contributed by atoms with E-state index in [1.54, 1.807) is 0 Å². The Morgan fingerprint density at radius 3 is 2.71 bits per heavy atom. The van der Waals surface area contributed by atoms with E-state index in [2.05, 4.69) is 35.6 Å². The van der Waals surface area contributed by atoms with Gasteiger partial charge in [0, 0.05) is 17.2 Å². The number of thioether (sulfide) groups is 1. The first-order valence-electron chi connectivity index (χ1n) is 5.34. The fourth-order valence-corrected chi connectivity index (χ4v) is 2.22. The Hall–Kier alpha value is -0.470. The maximum Gasteiger partial charge on any atom is 0.0106 e. The Kier molecular flexibility index (Phi) is 3.90. The summed E-state index contributed by atoms with van der Waals surface area (Å²) in [6.45, 7) is 2.37. The molecular weight excluding hydrogens is 190 g/mol. The Morgan fingerprint density at radius 2 is 2.00 bits per heavy atom. The second kappa shape index (κ2) is 5.42. The number of hydrogen-bond donors (Lipinski definition) is 1. The number of nitrogens with one attached hydrogen (secondary N) is 1. The van der Waals surface area contributed by atoms with Crippen molar-refractivity contribution in [2.75, 3.05) is 18.8 Å². The van der Waals surface area contributed by atoms with Crippen LogP contribution in [0.5, 0.6) is 0 Å². The Bertz CT molecular complexity index is 256. The van der Waals surface area contributed by atoms with Gasteiger partial charge in [-0.25, -0.2) is 0 Å². The fourth-order valence-electron chi connectivity index (χ4n) is 1.39. The molecule has 0 aliphatic heterocycles. The number of rotatable bonds is 6. The number of benzene rings is 1. The average Bonchev–Trinajstić information content (AvgIpc) is 3.03. The minimum atomic E-state index is 0.997. The lowest BCUT2D eigenvalue weighted by Crippen LogP contribution is -2.19. The van der Waals surface area contributed by atoms with Crippen molar-refractivity contribution in [3.8, 4) is 0 Å². The molecule has 0 unspecified atom stereocenters. The first kappa shape index (κ1) is 10.1. The van der Waals surface area contributed by atoms with Crippen LogP contribution in [0.4, 0.5) is 0 Å². The van der Waals surface area contributed by atoms with E-state index in [1.165, 1.54) is 30.0 Å². The summed E-state index contributed by atoms with van der Waals surface area (Å²) >= 11 is 1.93. The van der Waals surface area contributed by atoms with E-state index in [-0.39, 0.29) is 0 Å². The summed E-state index contributed by atoms with van der Waals surface area (Å²) in [5.41, 5.74) is 0. The van der Waals surface area contributed by atoms with E-state index in [1.807, 2.05) is 11.8 Å². The summed E-state index contributed by atoms with van der Waals surface area (Å²) < 4.78 is 0. The molecule has 0 atom stereocenters. The van der Waals surface area contributed by atoms with Crippen LogP contribution in [0.3, 0.4) is 0 Å². The van der Waals surface area contributed by atoms with Crippen LogP contribution < -0.4 is 5.32 Å². The number of hydrogen-bond acceptors (Lipinski definition) is 2. The zero-order valence-corrected chi connectivity index (χ0v) is 9.22. The molecule has 0 saturated heterocycles. The average molecular weight is 207 g/mol. The van der Waals surface area contributed by atoms with Crippen molar-refractivity contribution < 1.29 is 0 Å². The first-order chi connectivity index (χ1) is 6.95. The van der Waals surface area contributed by atoms with Crippen molar-refractivity contribution in [2.24, 2.45) is 5.92 Å². The Labute approximate surface area is 90.3 Å². The molecule has 2 heteroatoms. The molecule has 1 fully saturated rings. The highest BCUT2D eigenvalue weighted by Crippen LogP contribution is 2.27. The highest BCUT2D eigenvalue weighted by atomic mass is 32.2. The van der Waals surface area contributed by atoms with Crippen molar-refractivity contribution in [3.05, 3.63) is 30.3 Å². The molecule has 1 aromatic carbocycles. The third kappa shape index (κ3) is 3.72. The molecule has 0 aromatic heterocycles. The van der Waals surface area contributed by atoms with Gasteiger partial charge in [0.2, 0.25) is 0 Å². The lowest BCUT2D eigenvalue weighted by atomic mass is 10.4. The fraction of sp³-hybridized carbons (Fsp3) is 0.500. The van der Waals surface area contributed by atoms with E-state index in [4.69, 9.17) is 0 Å². The maximum absolute atomic E-state index is 3.50. The van der Waals surface area contributed by atoms with E-state index in [0.717, 1.165) is 12.5 Å². The SMILES string of the molecule is c1ccc(SCCNCC2CC2)cc1. The predicted molar refractivity (Wildman–Crippen MR) is 62.8 cm³/mol. The quantitative estimate of drug-likeness (QED) is 0.568. The minimum Gasteiger partial charge on any atom is -0.316 e. The zero-order chi connectivity index (χ0) is 9.64. The van der Waals surface area contributed by atoms with Crippen LogP contribution in [-0.4, -0.2) is 18.8 Å². The van der Waals surface area contributed by atoms with Gasteiger partial charge >= 0.3 is 0 Å². The molecule has 1 N–H and O–H groups in total. The topological polar surface area (TPSA) is 12.0 Å². The van der Waals surface area contributed by atoms with Gasteiger partial charge in [0.15, 0.2) is 0 Å². The van der Waals surface area contributed by atoms with Gasteiger partial charge in [-0.2, -0.15) is 0 Å². The van der Waals surface area contributed by atoms with Crippen LogP contribution in [0.2, 0.25) is 0 Å². The molecular formula is C12H17NS. The van der Waals surface area contributed by atoms with Gasteiger partial charge in [0.05, 0.1) is 0 Å². The minimum absolute atomic E-state index is 0.997. The lowest BCUT2D eigenvalue weighted by molar-refractivity contribution is 0.666. The summed E-state index contributed by atoms with van der Waals surface area (Å²) in [6.07, 6.45) is 2.89. The van der Waals surface area contributed by atoms with Crippen molar-refractivity contribution >= 4 is 11.8 Å². The molecule has 1 aromatic rings. The van der Waals surface area contributed by atoms with Crippen molar-refractivity contribution in [3.63, 3.8) is 0 Å². The summed E-state index contributed by atoms with van der Waals surface area (Å²) in [4.78, 5) is 1.38. The van der Waals surface area contributed by atoms with Gasteiger partial charge in [0.25, 0.3) is 0 Å². The molecule has 1 aliphatic rings. The van der Waals surface area contributed by atoms with Crippen LogP contribution in [0.15, 0.2) is 35.2 Å². The summed E-state index contributed by atoms with van der Waals surface area (Å²) in [7, 11) is 0. The van der Waals surface area contributed by atoms with Gasteiger partial charge in [-0.05, 0) is 37.4 Å². The van der Waals surface area contributed by atoms with Gasteiger partial charge in [-0.15, -0.1) is 11.8 Å². The molecule has 1 nitrogen and oxygen atoms in total. The van der Waals surface area contributed by atoms with Crippen LogP contribution in [0.25, 0.3) is 0 Å². The molecule has 0 amide bonds. The second-order valence-corrected chi connectivity index (χ2v) is 4.98. The van der Waals surface area contributed by atoms with Crippen molar-refractivity contribution in [1.29, 1.82) is 0 Å². The lowest BCUT2D eigenvalue weighted by Gasteiger charge is -2.03. The Balaban J connectivity index is 1.54. The van der Waals surface area contributed by atoms with Gasteiger partial charge in [-0.3, -0.25) is 0 Å². The van der Waals surface area contributed by atoms with E-state index in [0.29, 0.717) is 0 Å². The smallest absolute Gasteiger partial charge is 0.0106 e. The zero-order valence-electron chi connectivity index (χ0n) is 8.41. The van der Waals surface area contributed by atoms with Gasteiger partial charge < -0.3 is 5.32 Å². The van der Waals surface area contributed by atoms with Crippen LogP contribution in [0.1, 0.15) is 12.8 Å².